The van der Waals surface area contributed by atoms with Crippen molar-refractivity contribution in [3.63, 3.8) is 0 Å². The van der Waals surface area contributed by atoms with Gasteiger partial charge in [0, 0.05) is 12.1 Å². The minimum atomic E-state index is -0.447. The monoisotopic (exact) mass is 276 g/mol. The Morgan fingerprint density at radius 2 is 2.20 bits per heavy atom. The normalized spacial score (nSPS) is 18.9. The van der Waals surface area contributed by atoms with Crippen molar-refractivity contribution in [2.24, 2.45) is 0 Å². The molecule has 1 saturated heterocycles. The Labute approximate surface area is 118 Å². The summed E-state index contributed by atoms with van der Waals surface area (Å²) in [6.07, 6.45) is 2.57. The van der Waals surface area contributed by atoms with E-state index in [4.69, 9.17) is 4.74 Å². The number of methoxy groups -OCH3 is 1. The fourth-order valence-corrected chi connectivity index (χ4v) is 2.28. The standard InChI is InChI=1S/C15H20N2O3/c1-10-6-7-11(9-13(10)20-2)14(18)17-12-5-3-4-8-16-15(12)19/h6-7,9,12H,3-5,8H2,1-2H3,(H,16,19)(H,17,18). The van der Waals surface area contributed by atoms with Gasteiger partial charge >= 0.3 is 0 Å². The fourth-order valence-electron chi connectivity index (χ4n) is 2.28. The van der Waals surface area contributed by atoms with Crippen LogP contribution in [0.4, 0.5) is 0 Å². The minimum absolute atomic E-state index is 0.102. The second-order valence-electron chi connectivity index (χ2n) is 5.00. The molecule has 5 heteroatoms. The summed E-state index contributed by atoms with van der Waals surface area (Å²) < 4.78 is 5.21. The van der Waals surface area contributed by atoms with E-state index in [1.54, 1.807) is 19.2 Å². The summed E-state index contributed by atoms with van der Waals surface area (Å²) in [5.41, 5.74) is 1.47. The molecule has 0 saturated carbocycles. The van der Waals surface area contributed by atoms with Crippen molar-refractivity contribution in [1.82, 2.24) is 10.6 Å². The van der Waals surface area contributed by atoms with Crippen LogP contribution in [0.15, 0.2) is 18.2 Å². The zero-order valence-corrected chi connectivity index (χ0v) is 11.9. The van der Waals surface area contributed by atoms with E-state index < -0.39 is 6.04 Å². The molecule has 20 heavy (non-hydrogen) atoms. The van der Waals surface area contributed by atoms with E-state index in [-0.39, 0.29) is 11.8 Å². The van der Waals surface area contributed by atoms with E-state index in [1.165, 1.54) is 0 Å². The van der Waals surface area contributed by atoms with Crippen LogP contribution in [0.5, 0.6) is 5.75 Å². The average Bonchev–Trinajstić information content (AvgIpc) is 2.64. The number of hydrogen-bond acceptors (Lipinski definition) is 3. The third-order valence-electron chi connectivity index (χ3n) is 3.51. The quantitative estimate of drug-likeness (QED) is 0.877. The molecule has 1 aliphatic heterocycles. The molecule has 1 atom stereocenters. The number of carbonyl (C=O) groups excluding carboxylic acids is 2. The first-order chi connectivity index (χ1) is 9.61. The van der Waals surface area contributed by atoms with Gasteiger partial charge in [0.1, 0.15) is 11.8 Å². The Morgan fingerprint density at radius 3 is 2.95 bits per heavy atom. The lowest BCUT2D eigenvalue weighted by Crippen LogP contribution is -2.45. The number of carbonyl (C=O) groups is 2. The molecule has 1 aromatic carbocycles. The number of rotatable bonds is 3. The molecule has 0 bridgehead atoms. The molecule has 2 amide bonds. The average molecular weight is 276 g/mol. The lowest BCUT2D eigenvalue weighted by Gasteiger charge is -2.15. The first-order valence-electron chi connectivity index (χ1n) is 6.85. The van der Waals surface area contributed by atoms with Gasteiger partial charge in [-0.25, -0.2) is 0 Å². The predicted octanol–water partition coefficient (Wildman–Crippen LogP) is 1.40. The van der Waals surface area contributed by atoms with Crippen molar-refractivity contribution < 1.29 is 14.3 Å². The molecule has 1 heterocycles. The van der Waals surface area contributed by atoms with Gasteiger partial charge in [-0.05, 0) is 43.9 Å². The number of benzene rings is 1. The Kier molecular flexibility index (Phi) is 4.61. The second-order valence-corrected chi connectivity index (χ2v) is 5.00. The Hall–Kier alpha value is -2.04. The van der Waals surface area contributed by atoms with E-state index in [0.29, 0.717) is 24.3 Å². The molecule has 5 nitrogen and oxygen atoms in total. The van der Waals surface area contributed by atoms with Crippen LogP contribution in [0.25, 0.3) is 0 Å². The summed E-state index contributed by atoms with van der Waals surface area (Å²) in [7, 11) is 1.57. The van der Waals surface area contributed by atoms with Crippen LogP contribution in [0, 0.1) is 6.92 Å². The van der Waals surface area contributed by atoms with E-state index in [1.807, 2.05) is 13.0 Å². The van der Waals surface area contributed by atoms with Crippen LogP contribution in [0.2, 0.25) is 0 Å². The highest BCUT2D eigenvalue weighted by Crippen LogP contribution is 2.19. The Bertz CT molecular complexity index is 514. The molecule has 2 N–H and O–H groups in total. The minimum Gasteiger partial charge on any atom is -0.496 e. The summed E-state index contributed by atoms with van der Waals surface area (Å²) in [5.74, 6) is 0.322. The van der Waals surface area contributed by atoms with Crippen molar-refractivity contribution in [2.45, 2.75) is 32.2 Å². The van der Waals surface area contributed by atoms with Gasteiger partial charge in [0.15, 0.2) is 0 Å². The molecule has 1 aliphatic rings. The number of nitrogens with one attached hydrogen (secondary N) is 2. The predicted molar refractivity (Wildman–Crippen MR) is 75.8 cm³/mol. The van der Waals surface area contributed by atoms with Crippen molar-refractivity contribution >= 4 is 11.8 Å². The van der Waals surface area contributed by atoms with Crippen LogP contribution in [-0.4, -0.2) is 31.5 Å². The zero-order chi connectivity index (χ0) is 14.5. The van der Waals surface area contributed by atoms with Gasteiger partial charge in [-0.2, -0.15) is 0 Å². The van der Waals surface area contributed by atoms with E-state index in [0.717, 1.165) is 18.4 Å². The second kappa shape index (κ2) is 6.41. The smallest absolute Gasteiger partial charge is 0.252 e. The van der Waals surface area contributed by atoms with Crippen molar-refractivity contribution in [2.75, 3.05) is 13.7 Å². The van der Waals surface area contributed by atoms with Crippen LogP contribution in [0.1, 0.15) is 35.2 Å². The summed E-state index contributed by atoms with van der Waals surface area (Å²) in [6.45, 7) is 2.60. The fraction of sp³-hybridized carbons (Fsp3) is 0.467. The summed E-state index contributed by atoms with van der Waals surface area (Å²) >= 11 is 0. The number of ether oxygens (including phenoxy) is 1. The van der Waals surface area contributed by atoms with Crippen LogP contribution >= 0.6 is 0 Å². The lowest BCUT2D eigenvalue weighted by atomic mass is 10.1. The van der Waals surface area contributed by atoms with Gasteiger partial charge in [-0.15, -0.1) is 0 Å². The number of hydrogen-bond donors (Lipinski definition) is 2. The van der Waals surface area contributed by atoms with Gasteiger partial charge in [0.2, 0.25) is 5.91 Å². The van der Waals surface area contributed by atoms with Crippen molar-refractivity contribution in [3.8, 4) is 5.75 Å². The third kappa shape index (κ3) is 3.29. The molecular weight excluding hydrogens is 256 g/mol. The molecule has 1 unspecified atom stereocenters. The van der Waals surface area contributed by atoms with Crippen molar-refractivity contribution in [1.29, 1.82) is 0 Å². The molecule has 0 aromatic heterocycles. The molecule has 1 fully saturated rings. The molecule has 1 aromatic rings. The summed E-state index contributed by atoms with van der Waals surface area (Å²) in [4.78, 5) is 24.0. The molecule has 0 radical (unpaired) electrons. The first kappa shape index (κ1) is 14.4. The molecule has 108 valence electrons. The topological polar surface area (TPSA) is 67.4 Å². The highest BCUT2D eigenvalue weighted by Gasteiger charge is 2.23. The summed E-state index contributed by atoms with van der Waals surface area (Å²) in [5, 5.41) is 5.59. The number of amides is 2. The van der Waals surface area contributed by atoms with Gasteiger partial charge < -0.3 is 15.4 Å². The van der Waals surface area contributed by atoms with E-state index in [9.17, 15) is 9.59 Å². The highest BCUT2D eigenvalue weighted by molar-refractivity contribution is 5.98. The van der Waals surface area contributed by atoms with E-state index >= 15 is 0 Å². The first-order valence-corrected chi connectivity index (χ1v) is 6.85. The van der Waals surface area contributed by atoms with Gasteiger partial charge in [0.05, 0.1) is 7.11 Å². The number of aryl methyl sites for hydroxylation is 1. The molecular formula is C15H20N2O3. The largest absolute Gasteiger partial charge is 0.496 e. The highest BCUT2D eigenvalue weighted by atomic mass is 16.5. The summed E-state index contributed by atoms with van der Waals surface area (Å²) in [6, 6.07) is 4.82. The van der Waals surface area contributed by atoms with Crippen molar-refractivity contribution in [3.05, 3.63) is 29.3 Å². The van der Waals surface area contributed by atoms with Crippen LogP contribution < -0.4 is 15.4 Å². The molecule has 2 rings (SSSR count). The lowest BCUT2D eigenvalue weighted by molar-refractivity contribution is -0.122. The van der Waals surface area contributed by atoms with Gasteiger partial charge in [-0.3, -0.25) is 9.59 Å². The van der Waals surface area contributed by atoms with Gasteiger partial charge in [0.25, 0.3) is 5.91 Å². The maximum Gasteiger partial charge on any atom is 0.252 e. The molecule has 0 aliphatic carbocycles. The SMILES string of the molecule is COc1cc(C(=O)NC2CCCCNC2=O)ccc1C. The third-order valence-corrected chi connectivity index (χ3v) is 3.51. The van der Waals surface area contributed by atoms with E-state index in [2.05, 4.69) is 10.6 Å². The van der Waals surface area contributed by atoms with Crippen LogP contribution in [-0.2, 0) is 4.79 Å². The van der Waals surface area contributed by atoms with Crippen LogP contribution in [0.3, 0.4) is 0 Å². The Balaban J connectivity index is 2.09. The zero-order valence-electron chi connectivity index (χ0n) is 11.9. The maximum absolute atomic E-state index is 12.2. The molecule has 0 spiro atoms. The Morgan fingerprint density at radius 1 is 1.40 bits per heavy atom. The van der Waals surface area contributed by atoms with Gasteiger partial charge in [-0.1, -0.05) is 6.07 Å². The maximum atomic E-state index is 12.2.